The molecule has 0 radical (unpaired) electrons. The Morgan fingerprint density at radius 2 is 1.80 bits per heavy atom. The van der Waals surface area contributed by atoms with Gasteiger partial charge in [-0.1, -0.05) is 42.5 Å². The van der Waals surface area contributed by atoms with Crippen LogP contribution in [-0.2, 0) is 19.6 Å². The summed E-state index contributed by atoms with van der Waals surface area (Å²) >= 11 is 0. The Labute approximate surface area is 175 Å². The lowest BCUT2D eigenvalue weighted by Crippen LogP contribution is -2.48. The van der Waals surface area contributed by atoms with Gasteiger partial charge in [-0.15, -0.1) is 0 Å². The van der Waals surface area contributed by atoms with E-state index < -0.39 is 38.7 Å². The molecule has 1 aliphatic rings. The second kappa shape index (κ2) is 9.36. The number of hydrogen-bond donors (Lipinski definition) is 2. The first kappa shape index (κ1) is 21.9. The molecule has 0 saturated carbocycles. The van der Waals surface area contributed by atoms with Crippen molar-refractivity contribution in [2.75, 3.05) is 13.1 Å². The van der Waals surface area contributed by atoms with E-state index in [9.17, 15) is 22.4 Å². The van der Waals surface area contributed by atoms with Gasteiger partial charge in [0, 0.05) is 19.5 Å². The van der Waals surface area contributed by atoms with Gasteiger partial charge in [-0.2, -0.15) is 4.72 Å². The zero-order chi connectivity index (χ0) is 21.7. The number of benzene rings is 2. The zero-order valence-corrected chi connectivity index (χ0v) is 17.4. The molecular formula is C21H24FN3O4S. The average Bonchev–Trinajstić information content (AvgIpc) is 3.12. The molecule has 1 heterocycles. The van der Waals surface area contributed by atoms with Crippen LogP contribution in [0.25, 0.3) is 0 Å². The predicted molar refractivity (Wildman–Crippen MR) is 109 cm³/mol. The monoisotopic (exact) mass is 433 g/mol. The average molecular weight is 434 g/mol. The van der Waals surface area contributed by atoms with Crippen LogP contribution >= 0.6 is 0 Å². The van der Waals surface area contributed by atoms with Crippen molar-refractivity contribution in [1.29, 1.82) is 0 Å². The molecule has 0 aromatic heterocycles. The predicted octanol–water partition coefficient (Wildman–Crippen LogP) is 1.97. The third kappa shape index (κ3) is 5.22. The van der Waals surface area contributed by atoms with E-state index in [0.29, 0.717) is 19.5 Å². The second-order valence-electron chi connectivity index (χ2n) is 7.19. The molecule has 2 amide bonds. The molecule has 1 aliphatic heterocycles. The van der Waals surface area contributed by atoms with Crippen LogP contribution < -0.4 is 10.0 Å². The highest BCUT2D eigenvalue weighted by molar-refractivity contribution is 7.89. The topological polar surface area (TPSA) is 95.6 Å². The number of sulfonamides is 1. The summed E-state index contributed by atoms with van der Waals surface area (Å²) in [5.74, 6) is -1.44. The molecule has 0 bridgehead atoms. The Kier molecular flexibility index (Phi) is 6.84. The Morgan fingerprint density at radius 1 is 1.13 bits per heavy atom. The Balaban J connectivity index is 1.73. The number of amides is 2. The first-order valence-electron chi connectivity index (χ1n) is 9.68. The summed E-state index contributed by atoms with van der Waals surface area (Å²) in [4.78, 5) is 25.9. The van der Waals surface area contributed by atoms with Crippen molar-refractivity contribution < 1.29 is 22.4 Å². The van der Waals surface area contributed by atoms with Crippen molar-refractivity contribution in [1.82, 2.24) is 14.9 Å². The van der Waals surface area contributed by atoms with Crippen LogP contribution in [0.4, 0.5) is 4.39 Å². The number of nitrogens with one attached hydrogen (secondary N) is 2. The normalized spacial score (nSPS) is 16.3. The molecule has 2 aromatic carbocycles. The molecular weight excluding hydrogens is 409 g/mol. The standard InChI is InChI=1S/C21H24FN3O4S/c1-15(24-30(28,29)19-11-6-5-10-17(19)22)21(27)23-18(16-8-3-2-4-9-16)14-25-13-7-12-20(25)26/h2-6,8-11,15,18,24H,7,12-14H2,1H3,(H,23,27)/t15-,18?/m1/s1. The minimum atomic E-state index is -4.22. The summed E-state index contributed by atoms with van der Waals surface area (Å²) in [5, 5.41) is 2.82. The molecule has 1 saturated heterocycles. The number of rotatable bonds is 8. The molecule has 0 spiro atoms. The van der Waals surface area contributed by atoms with Gasteiger partial charge in [-0.3, -0.25) is 9.59 Å². The van der Waals surface area contributed by atoms with Crippen molar-refractivity contribution in [3.8, 4) is 0 Å². The molecule has 2 aromatic rings. The van der Waals surface area contributed by atoms with Gasteiger partial charge in [-0.05, 0) is 31.0 Å². The minimum Gasteiger partial charge on any atom is -0.346 e. The third-order valence-corrected chi connectivity index (χ3v) is 6.52. The van der Waals surface area contributed by atoms with Crippen LogP contribution in [0.5, 0.6) is 0 Å². The maximum Gasteiger partial charge on any atom is 0.244 e. The molecule has 2 N–H and O–H groups in total. The largest absolute Gasteiger partial charge is 0.346 e. The van der Waals surface area contributed by atoms with E-state index >= 15 is 0 Å². The summed E-state index contributed by atoms with van der Waals surface area (Å²) in [6.45, 7) is 2.30. The number of hydrogen-bond acceptors (Lipinski definition) is 4. The summed E-state index contributed by atoms with van der Waals surface area (Å²) in [6, 6.07) is 12.5. The first-order valence-corrected chi connectivity index (χ1v) is 11.2. The van der Waals surface area contributed by atoms with E-state index in [-0.39, 0.29) is 5.91 Å². The molecule has 9 heteroatoms. The van der Waals surface area contributed by atoms with Crippen molar-refractivity contribution in [3.05, 3.63) is 66.0 Å². The summed E-state index contributed by atoms with van der Waals surface area (Å²) in [5.41, 5.74) is 0.801. The van der Waals surface area contributed by atoms with Crippen LogP contribution in [0, 0.1) is 5.82 Å². The lowest BCUT2D eigenvalue weighted by molar-refractivity contribution is -0.129. The van der Waals surface area contributed by atoms with E-state index in [1.807, 2.05) is 30.3 Å². The van der Waals surface area contributed by atoms with Gasteiger partial charge in [-0.25, -0.2) is 12.8 Å². The van der Waals surface area contributed by atoms with Crippen LogP contribution in [0.1, 0.15) is 31.4 Å². The van der Waals surface area contributed by atoms with Crippen LogP contribution in [0.3, 0.4) is 0 Å². The fourth-order valence-electron chi connectivity index (χ4n) is 3.35. The number of carbonyl (C=O) groups is 2. The molecule has 1 fully saturated rings. The lowest BCUT2D eigenvalue weighted by Gasteiger charge is -2.26. The molecule has 30 heavy (non-hydrogen) atoms. The maximum absolute atomic E-state index is 13.9. The van der Waals surface area contributed by atoms with Gasteiger partial charge in [0.05, 0.1) is 12.1 Å². The van der Waals surface area contributed by atoms with Gasteiger partial charge in [0.15, 0.2) is 0 Å². The molecule has 3 rings (SSSR count). The number of halogens is 1. The maximum atomic E-state index is 13.9. The number of nitrogens with zero attached hydrogens (tertiary/aromatic N) is 1. The molecule has 0 aliphatic carbocycles. The van der Waals surface area contributed by atoms with Crippen molar-refractivity contribution in [2.45, 2.75) is 36.7 Å². The highest BCUT2D eigenvalue weighted by Gasteiger charge is 2.29. The number of carbonyl (C=O) groups excluding carboxylic acids is 2. The van der Waals surface area contributed by atoms with E-state index in [1.54, 1.807) is 4.90 Å². The minimum absolute atomic E-state index is 0.0264. The molecule has 1 unspecified atom stereocenters. The summed E-state index contributed by atoms with van der Waals surface area (Å²) in [7, 11) is -4.22. The highest BCUT2D eigenvalue weighted by atomic mass is 32.2. The van der Waals surface area contributed by atoms with Gasteiger partial charge >= 0.3 is 0 Å². The Morgan fingerprint density at radius 3 is 2.43 bits per heavy atom. The number of likely N-dealkylation sites (tertiary alicyclic amines) is 1. The Bertz CT molecular complexity index is 1010. The highest BCUT2D eigenvalue weighted by Crippen LogP contribution is 2.19. The fraction of sp³-hybridized carbons (Fsp3) is 0.333. The smallest absolute Gasteiger partial charge is 0.244 e. The van der Waals surface area contributed by atoms with Gasteiger partial charge in [0.2, 0.25) is 21.8 Å². The van der Waals surface area contributed by atoms with Crippen molar-refractivity contribution >= 4 is 21.8 Å². The molecule has 7 nitrogen and oxygen atoms in total. The fourth-order valence-corrected chi connectivity index (χ4v) is 4.63. The van der Waals surface area contributed by atoms with E-state index in [2.05, 4.69) is 10.0 Å². The Hall–Kier alpha value is -2.78. The molecule has 160 valence electrons. The summed E-state index contributed by atoms with van der Waals surface area (Å²) in [6.07, 6.45) is 1.25. The van der Waals surface area contributed by atoms with E-state index in [0.717, 1.165) is 24.1 Å². The molecule has 2 atom stereocenters. The van der Waals surface area contributed by atoms with Crippen molar-refractivity contribution in [2.24, 2.45) is 0 Å². The lowest BCUT2D eigenvalue weighted by atomic mass is 10.1. The third-order valence-electron chi connectivity index (χ3n) is 4.94. The SMILES string of the molecule is C[C@@H](NS(=O)(=O)c1ccccc1F)C(=O)NC(CN1CCCC1=O)c1ccccc1. The quantitative estimate of drug-likeness (QED) is 0.665. The van der Waals surface area contributed by atoms with Gasteiger partial charge in [0.25, 0.3) is 0 Å². The van der Waals surface area contributed by atoms with Crippen molar-refractivity contribution in [3.63, 3.8) is 0 Å². The van der Waals surface area contributed by atoms with Crippen LogP contribution in [0.2, 0.25) is 0 Å². The summed E-state index contributed by atoms with van der Waals surface area (Å²) < 4.78 is 41.0. The van der Waals surface area contributed by atoms with E-state index in [1.165, 1.54) is 19.1 Å². The second-order valence-corrected chi connectivity index (χ2v) is 8.87. The van der Waals surface area contributed by atoms with Crippen LogP contribution in [0.15, 0.2) is 59.5 Å². The van der Waals surface area contributed by atoms with Crippen LogP contribution in [-0.4, -0.2) is 44.3 Å². The zero-order valence-electron chi connectivity index (χ0n) is 16.5. The van der Waals surface area contributed by atoms with Gasteiger partial charge < -0.3 is 10.2 Å². The van der Waals surface area contributed by atoms with E-state index in [4.69, 9.17) is 0 Å². The first-order chi connectivity index (χ1) is 14.3. The van der Waals surface area contributed by atoms with Gasteiger partial charge in [0.1, 0.15) is 10.7 Å².